The molecule has 4 nitrogen and oxygen atoms in total. The van der Waals surface area contributed by atoms with Crippen LogP contribution in [-0.2, 0) is 4.79 Å². The molecule has 1 unspecified atom stereocenters. The molecule has 0 aliphatic carbocycles. The molecule has 0 saturated carbocycles. The first kappa shape index (κ1) is 11.0. The van der Waals surface area contributed by atoms with Gasteiger partial charge in [0.25, 0.3) is 0 Å². The van der Waals surface area contributed by atoms with Crippen LogP contribution in [0.2, 0.25) is 0 Å². The average molecular weight is 241 g/mol. The summed E-state index contributed by atoms with van der Waals surface area (Å²) in [7, 11) is 0. The zero-order valence-corrected chi connectivity index (χ0v) is 10.4. The SMILES string of the molecule is Cc1ccc(C2CC(=O)Nc3n[nH]c(C)c32)cc1. The summed E-state index contributed by atoms with van der Waals surface area (Å²) in [6, 6.07) is 8.34. The summed E-state index contributed by atoms with van der Waals surface area (Å²) >= 11 is 0. The summed E-state index contributed by atoms with van der Waals surface area (Å²) in [4.78, 5) is 11.7. The number of fused-ring (bicyclic) bond motifs is 1. The molecule has 0 bridgehead atoms. The van der Waals surface area contributed by atoms with Crippen molar-refractivity contribution in [3.8, 4) is 0 Å². The summed E-state index contributed by atoms with van der Waals surface area (Å²) in [6.45, 7) is 4.05. The van der Waals surface area contributed by atoms with Crippen molar-refractivity contribution in [3.63, 3.8) is 0 Å². The minimum Gasteiger partial charge on any atom is -0.309 e. The molecule has 0 radical (unpaired) electrons. The predicted octanol–water partition coefficient (Wildman–Crippen LogP) is 2.50. The first-order valence-electron chi connectivity index (χ1n) is 6.06. The van der Waals surface area contributed by atoms with Crippen molar-refractivity contribution in [3.05, 3.63) is 46.6 Å². The van der Waals surface area contributed by atoms with Crippen LogP contribution in [0.4, 0.5) is 5.82 Å². The van der Waals surface area contributed by atoms with Gasteiger partial charge in [-0.3, -0.25) is 9.89 Å². The van der Waals surface area contributed by atoms with Gasteiger partial charge in [-0.2, -0.15) is 5.10 Å². The number of carbonyl (C=O) groups is 1. The highest BCUT2D eigenvalue weighted by Gasteiger charge is 2.30. The van der Waals surface area contributed by atoms with Crippen LogP contribution in [0.25, 0.3) is 0 Å². The minimum absolute atomic E-state index is 0.0274. The molecule has 2 N–H and O–H groups in total. The molecule has 1 aliphatic heterocycles. The van der Waals surface area contributed by atoms with E-state index in [1.54, 1.807) is 0 Å². The second-order valence-electron chi connectivity index (χ2n) is 4.83. The van der Waals surface area contributed by atoms with Crippen LogP contribution < -0.4 is 5.32 Å². The molecule has 92 valence electrons. The molecule has 0 saturated heterocycles. The Labute approximate surface area is 105 Å². The lowest BCUT2D eigenvalue weighted by Gasteiger charge is -2.23. The molecule has 2 heterocycles. The van der Waals surface area contributed by atoms with Gasteiger partial charge in [0, 0.05) is 23.6 Å². The van der Waals surface area contributed by atoms with E-state index in [0.717, 1.165) is 11.3 Å². The van der Waals surface area contributed by atoms with Crippen LogP contribution in [0.1, 0.15) is 34.7 Å². The first-order valence-corrected chi connectivity index (χ1v) is 6.06. The average Bonchev–Trinajstić information content (AvgIpc) is 2.71. The number of H-pyrrole nitrogens is 1. The fourth-order valence-electron chi connectivity index (χ4n) is 2.51. The fraction of sp³-hybridized carbons (Fsp3) is 0.286. The molecule has 0 spiro atoms. The van der Waals surface area contributed by atoms with Gasteiger partial charge >= 0.3 is 0 Å². The zero-order valence-electron chi connectivity index (χ0n) is 10.4. The van der Waals surface area contributed by atoms with E-state index in [4.69, 9.17) is 0 Å². The van der Waals surface area contributed by atoms with Crippen molar-refractivity contribution in [2.75, 3.05) is 5.32 Å². The maximum Gasteiger partial charge on any atom is 0.226 e. The fourth-order valence-corrected chi connectivity index (χ4v) is 2.51. The highest BCUT2D eigenvalue weighted by molar-refractivity contribution is 5.94. The molecule has 3 rings (SSSR count). The number of nitrogens with one attached hydrogen (secondary N) is 2. The third-order valence-corrected chi connectivity index (χ3v) is 3.47. The Kier molecular flexibility index (Phi) is 2.44. The third kappa shape index (κ3) is 1.70. The molecule has 18 heavy (non-hydrogen) atoms. The molecule has 1 atom stereocenters. The summed E-state index contributed by atoms with van der Waals surface area (Å²) in [5.41, 5.74) is 4.53. The van der Waals surface area contributed by atoms with Gasteiger partial charge in [0.05, 0.1) is 0 Å². The predicted molar refractivity (Wildman–Crippen MR) is 69.6 cm³/mol. The quantitative estimate of drug-likeness (QED) is 0.806. The lowest BCUT2D eigenvalue weighted by molar-refractivity contribution is -0.116. The Bertz CT molecular complexity index is 598. The van der Waals surface area contributed by atoms with Crippen molar-refractivity contribution >= 4 is 11.7 Å². The van der Waals surface area contributed by atoms with E-state index in [1.165, 1.54) is 11.1 Å². The maximum atomic E-state index is 11.7. The standard InChI is InChI=1S/C14H15N3O/c1-8-3-5-10(6-4-8)11-7-12(18)15-14-13(11)9(2)16-17-14/h3-6,11H,7H2,1-2H3,(H2,15,16,17,18). The summed E-state index contributed by atoms with van der Waals surface area (Å²) in [5, 5.41) is 9.90. The smallest absolute Gasteiger partial charge is 0.226 e. The topological polar surface area (TPSA) is 57.8 Å². The summed E-state index contributed by atoms with van der Waals surface area (Å²) in [6.07, 6.45) is 0.483. The molecule has 1 amide bonds. The number of hydrogen-bond donors (Lipinski definition) is 2. The molecule has 4 heteroatoms. The van der Waals surface area contributed by atoms with E-state index in [1.807, 2.05) is 6.92 Å². The van der Waals surface area contributed by atoms with E-state index < -0.39 is 0 Å². The van der Waals surface area contributed by atoms with Crippen molar-refractivity contribution < 1.29 is 4.79 Å². The molecular weight excluding hydrogens is 226 g/mol. The normalized spacial score (nSPS) is 18.3. The second-order valence-corrected chi connectivity index (χ2v) is 4.83. The van der Waals surface area contributed by atoms with Gasteiger partial charge in [-0.1, -0.05) is 29.8 Å². The highest BCUT2D eigenvalue weighted by atomic mass is 16.1. The zero-order chi connectivity index (χ0) is 12.7. The van der Waals surface area contributed by atoms with E-state index in [2.05, 4.69) is 46.7 Å². The Morgan fingerprint density at radius 1 is 1.22 bits per heavy atom. The van der Waals surface area contributed by atoms with Crippen molar-refractivity contribution in [1.82, 2.24) is 10.2 Å². The Balaban J connectivity index is 2.09. The van der Waals surface area contributed by atoms with E-state index in [9.17, 15) is 4.79 Å². The third-order valence-electron chi connectivity index (χ3n) is 3.47. The first-order chi connectivity index (χ1) is 8.65. The van der Waals surface area contributed by atoms with Gasteiger partial charge < -0.3 is 5.32 Å². The van der Waals surface area contributed by atoms with Crippen molar-refractivity contribution in [2.24, 2.45) is 0 Å². The number of anilines is 1. The number of rotatable bonds is 1. The van der Waals surface area contributed by atoms with Gasteiger partial charge in [-0.15, -0.1) is 0 Å². The largest absolute Gasteiger partial charge is 0.309 e. The lowest BCUT2D eigenvalue weighted by atomic mass is 9.85. The van der Waals surface area contributed by atoms with Gasteiger partial charge in [-0.05, 0) is 19.4 Å². The number of aryl methyl sites for hydroxylation is 2. The van der Waals surface area contributed by atoms with Crippen LogP contribution in [0.5, 0.6) is 0 Å². The molecular formula is C14H15N3O. The van der Waals surface area contributed by atoms with Gasteiger partial charge in [0.2, 0.25) is 5.91 Å². The number of aromatic amines is 1. The van der Waals surface area contributed by atoms with Gasteiger partial charge in [0.1, 0.15) is 0 Å². The van der Waals surface area contributed by atoms with E-state index in [0.29, 0.717) is 12.2 Å². The molecule has 2 aromatic rings. The van der Waals surface area contributed by atoms with Gasteiger partial charge in [0.15, 0.2) is 5.82 Å². The lowest BCUT2D eigenvalue weighted by Crippen LogP contribution is -2.23. The number of benzene rings is 1. The van der Waals surface area contributed by atoms with Crippen LogP contribution in [0.3, 0.4) is 0 Å². The number of hydrogen-bond acceptors (Lipinski definition) is 2. The Morgan fingerprint density at radius 3 is 2.67 bits per heavy atom. The van der Waals surface area contributed by atoms with Crippen molar-refractivity contribution in [2.45, 2.75) is 26.2 Å². The molecule has 1 aromatic carbocycles. The van der Waals surface area contributed by atoms with Gasteiger partial charge in [-0.25, -0.2) is 0 Å². The molecule has 1 aliphatic rings. The highest BCUT2D eigenvalue weighted by Crippen LogP contribution is 2.37. The van der Waals surface area contributed by atoms with Crippen LogP contribution in [0, 0.1) is 13.8 Å². The van der Waals surface area contributed by atoms with E-state index >= 15 is 0 Å². The monoisotopic (exact) mass is 241 g/mol. The molecule has 1 aromatic heterocycles. The summed E-state index contributed by atoms with van der Waals surface area (Å²) in [5.74, 6) is 0.807. The van der Waals surface area contributed by atoms with Crippen molar-refractivity contribution in [1.29, 1.82) is 0 Å². The maximum absolute atomic E-state index is 11.7. The second kappa shape index (κ2) is 3.98. The number of aromatic nitrogens is 2. The Hall–Kier alpha value is -2.10. The minimum atomic E-state index is 0.0274. The number of nitrogens with zero attached hydrogens (tertiary/aromatic N) is 1. The number of carbonyl (C=O) groups excluding carboxylic acids is 1. The number of amides is 1. The molecule has 0 fully saturated rings. The van der Waals surface area contributed by atoms with Crippen LogP contribution in [0.15, 0.2) is 24.3 Å². The van der Waals surface area contributed by atoms with E-state index in [-0.39, 0.29) is 11.8 Å². The Morgan fingerprint density at radius 2 is 1.94 bits per heavy atom. The van der Waals surface area contributed by atoms with Crippen LogP contribution in [-0.4, -0.2) is 16.1 Å². The summed E-state index contributed by atoms with van der Waals surface area (Å²) < 4.78 is 0. The van der Waals surface area contributed by atoms with Crippen LogP contribution >= 0.6 is 0 Å².